The van der Waals surface area contributed by atoms with Crippen LogP contribution in [0.25, 0.3) is 0 Å². The molecule has 3 rings (SSSR count). The molecule has 0 spiro atoms. The number of halogens is 2. The highest BCUT2D eigenvalue weighted by atomic mass is 19.2. The van der Waals surface area contributed by atoms with E-state index in [9.17, 15) is 13.6 Å². The first-order valence-corrected chi connectivity index (χ1v) is 11.4. The largest absolute Gasteiger partial charge is 0.486 e. The third kappa shape index (κ3) is 5.04. The molecule has 1 saturated heterocycles. The number of carbonyl (C=O) groups is 1. The van der Waals surface area contributed by atoms with Gasteiger partial charge in [-0.05, 0) is 55.1 Å². The second kappa shape index (κ2) is 10.4. The van der Waals surface area contributed by atoms with Crippen molar-refractivity contribution in [2.24, 2.45) is 17.8 Å². The minimum Gasteiger partial charge on any atom is -0.486 e. The lowest BCUT2D eigenvalue weighted by Gasteiger charge is -2.38. The molecule has 1 aliphatic carbocycles. The number of esters is 1. The average molecular weight is 421 g/mol. The van der Waals surface area contributed by atoms with E-state index in [1.807, 2.05) is 0 Å². The summed E-state index contributed by atoms with van der Waals surface area (Å²) in [6, 6.07) is 2.93. The zero-order valence-corrected chi connectivity index (χ0v) is 18.2. The number of hydrogen-bond acceptors (Lipinski definition) is 3. The SMILES string of the molecule is C=CCOc1ccc(C(C)C2CCC(C3CCC(CCC)CC3)OC2=O)c(F)c1F. The molecule has 1 aromatic rings. The van der Waals surface area contributed by atoms with Gasteiger partial charge in [-0.15, -0.1) is 0 Å². The second-order valence-corrected chi connectivity index (χ2v) is 8.90. The van der Waals surface area contributed by atoms with E-state index in [0.29, 0.717) is 12.3 Å². The summed E-state index contributed by atoms with van der Waals surface area (Å²) in [5.74, 6) is -2.05. The van der Waals surface area contributed by atoms with Gasteiger partial charge in [0.15, 0.2) is 11.6 Å². The Balaban J connectivity index is 1.61. The van der Waals surface area contributed by atoms with E-state index >= 15 is 0 Å². The van der Waals surface area contributed by atoms with Gasteiger partial charge >= 0.3 is 5.97 Å². The molecular weight excluding hydrogens is 386 g/mol. The molecule has 166 valence electrons. The standard InChI is InChI=1S/C25H34F2O3/c1-4-6-17-7-9-18(10-8-17)21-13-12-20(25(28)30-21)16(3)19-11-14-22(29-15-5-2)24(27)23(19)26/h5,11,14,16-18,20-21H,2,4,6-10,12-13,15H2,1,3H3. The Kier molecular flexibility index (Phi) is 7.90. The summed E-state index contributed by atoms with van der Waals surface area (Å²) < 4.78 is 40.0. The number of cyclic esters (lactones) is 1. The maximum atomic E-state index is 14.7. The van der Waals surface area contributed by atoms with Gasteiger partial charge in [0.05, 0.1) is 5.92 Å². The molecule has 0 radical (unpaired) electrons. The van der Waals surface area contributed by atoms with Crippen LogP contribution in [0.4, 0.5) is 8.78 Å². The smallest absolute Gasteiger partial charge is 0.309 e. The molecule has 1 heterocycles. The highest BCUT2D eigenvalue weighted by Gasteiger charge is 2.39. The van der Waals surface area contributed by atoms with Crippen LogP contribution in [0.5, 0.6) is 5.75 Å². The molecule has 0 aromatic heterocycles. The maximum absolute atomic E-state index is 14.7. The molecule has 30 heavy (non-hydrogen) atoms. The van der Waals surface area contributed by atoms with E-state index in [1.54, 1.807) is 6.92 Å². The van der Waals surface area contributed by atoms with Gasteiger partial charge in [-0.1, -0.05) is 58.3 Å². The Labute approximate surface area is 178 Å². The summed E-state index contributed by atoms with van der Waals surface area (Å²) in [6.45, 7) is 7.60. The van der Waals surface area contributed by atoms with Crippen molar-refractivity contribution in [3.63, 3.8) is 0 Å². The number of rotatable bonds is 8. The van der Waals surface area contributed by atoms with Crippen LogP contribution in [0, 0.1) is 29.4 Å². The van der Waals surface area contributed by atoms with Crippen LogP contribution in [-0.4, -0.2) is 18.7 Å². The minimum absolute atomic E-state index is 0.0280. The monoisotopic (exact) mass is 420 g/mol. The number of carbonyl (C=O) groups excluding carboxylic acids is 1. The van der Waals surface area contributed by atoms with Crippen LogP contribution in [0.1, 0.15) is 76.7 Å². The molecule has 5 heteroatoms. The Hall–Kier alpha value is -1.91. The summed E-state index contributed by atoms with van der Waals surface area (Å²) in [4.78, 5) is 12.8. The predicted molar refractivity (Wildman–Crippen MR) is 113 cm³/mol. The number of benzene rings is 1. The van der Waals surface area contributed by atoms with Gasteiger partial charge < -0.3 is 9.47 Å². The highest BCUT2D eigenvalue weighted by Crippen LogP contribution is 2.41. The van der Waals surface area contributed by atoms with Crippen molar-refractivity contribution in [2.75, 3.05) is 6.61 Å². The summed E-state index contributed by atoms with van der Waals surface area (Å²) >= 11 is 0. The Morgan fingerprint density at radius 1 is 1.17 bits per heavy atom. The van der Waals surface area contributed by atoms with E-state index in [4.69, 9.17) is 9.47 Å². The Bertz CT molecular complexity index is 740. The van der Waals surface area contributed by atoms with Crippen molar-refractivity contribution >= 4 is 5.97 Å². The van der Waals surface area contributed by atoms with Crippen LogP contribution >= 0.6 is 0 Å². The molecule has 2 aliphatic rings. The fraction of sp³-hybridized carbons (Fsp3) is 0.640. The van der Waals surface area contributed by atoms with Crippen molar-refractivity contribution in [1.82, 2.24) is 0 Å². The molecule has 0 bridgehead atoms. The fourth-order valence-corrected chi connectivity index (χ4v) is 5.18. The van der Waals surface area contributed by atoms with Crippen LogP contribution in [-0.2, 0) is 9.53 Å². The molecule has 3 nitrogen and oxygen atoms in total. The molecule has 1 aliphatic heterocycles. The molecule has 0 N–H and O–H groups in total. The molecule has 1 saturated carbocycles. The van der Waals surface area contributed by atoms with E-state index < -0.39 is 23.5 Å². The summed E-state index contributed by atoms with van der Waals surface area (Å²) in [5, 5.41) is 0. The van der Waals surface area contributed by atoms with Crippen LogP contribution < -0.4 is 4.74 Å². The van der Waals surface area contributed by atoms with Crippen LogP contribution in [0.2, 0.25) is 0 Å². The maximum Gasteiger partial charge on any atom is 0.309 e. The van der Waals surface area contributed by atoms with Crippen molar-refractivity contribution in [2.45, 2.75) is 77.2 Å². The summed E-state index contributed by atoms with van der Waals surface area (Å²) in [5.41, 5.74) is 0.193. The van der Waals surface area contributed by atoms with Crippen LogP contribution in [0.3, 0.4) is 0 Å². The zero-order valence-electron chi connectivity index (χ0n) is 18.2. The summed E-state index contributed by atoms with van der Waals surface area (Å²) in [7, 11) is 0. The topological polar surface area (TPSA) is 35.5 Å². The number of ether oxygens (including phenoxy) is 2. The van der Waals surface area contributed by atoms with Gasteiger partial charge in [-0.3, -0.25) is 4.79 Å². The molecule has 3 atom stereocenters. The average Bonchev–Trinajstić information content (AvgIpc) is 2.75. The first kappa shape index (κ1) is 22.8. The van der Waals surface area contributed by atoms with E-state index in [2.05, 4.69) is 13.5 Å². The number of hydrogen-bond donors (Lipinski definition) is 0. The zero-order chi connectivity index (χ0) is 21.7. The van der Waals surface area contributed by atoms with E-state index in [-0.39, 0.29) is 30.0 Å². The fourth-order valence-electron chi connectivity index (χ4n) is 5.18. The second-order valence-electron chi connectivity index (χ2n) is 8.90. The summed E-state index contributed by atoms with van der Waals surface area (Å²) in [6.07, 6.45) is 10.1. The van der Waals surface area contributed by atoms with Gasteiger partial charge in [0, 0.05) is 0 Å². The predicted octanol–water partition coefficient (Wildman–Crippen LogP) is 6.56. The molecule has 2 fully saturated rings. The first-order valence-electron chi connectivity index (χ1n) is 11.4. The van der Waals surface area contributed by atoms with Crippen molar-refractivity contribution in [1.29, 1.82) is 0 Å². The van der Waals surface area contributed by atoms with Gasteiger partial charge in [-0.25, -0.2) is 4.39 Å². The lowest BCUT2D eigenvalue weighted by molar-refractivity contribution is -0.166. The van der Waals surface area contributed by atoms with Gasteiger partial charge in [0.1, 0.15) is 12.7 Å². The highest BCUT2D eigenvalue weighted by molar-refractivity contribution is 5.74. The quantitative estimate of drug-likeness (QED) is 0.353. The lowest BCUT2D eigenvalue weighted by atomic mass is 9.74. The third-order valence-corrected chi connectivity index (χ3v) is 6.97. The molecule has 3 unspecified atom stereocenters. The molecule has 0 amide bonds. The normalized spacial score (nSPS) is 27.9. The third-order valence-electron chi connectivity index (χ3n) is 6.97. The van der Waals surface area contributed by atoms with Crippen molar-refractivity contribution < 1.29 is 23.0 Å². The van der Waals surface area contributed by atoms with Crippen molar-refractivity contribution in [3.8, 4) is 5.75 Å². The van der Waals surface area contributed by atoms with Gasteiger partial charge in [0.25, 0.3) is 0 Å². The van der Waals surface area contributed by atoms with Crippen LogP contribution in [0.15, 0.2) is 24.8 Å². The van der Waals surface area contributed by atoms with E-state index in [1.165, 1.54) is 43.9 Å². The van der Waals surface area contributed by atoms with Gasteiger partial charge in [-0.2, -0.15) is 4.39 Å². The molecular formula is C25H34F2O3. The first-order chi connectivity index (χ1) is 14.5. The minimum atomic E-state index is -1.02. The van der Waals surface area contributed by atoms with Gasteiger partial charge in [0.2, 0.25) is 5.82 Å². The lowest BCUT2D eigenvalue weighted by Crippen LogP contribution is -2.39. The van der Waals surface area contributed by atoms with E-state index in [0.717, 1.165) is 25.2 Å². The van der Waals surface area contributed by atoms with Crippen molar-refractivity contribution in [3.05, 3.63) is 42.0 Å². The Morgan fingerprint density at radius 3 is 2.53 bits per heavy atom. The molecule has 1 aromatic carbocycles. The Morgan fingerprint density at radius 2 is 1.90 bits per heavy atom.